The van der Waals surface area contributed by atoms with Crippen molar-refractivity contribution in [2.75, 3.05) is 0 Å². The van der Waals surface area contributed by atoms with E-state index in [0.29, 0.717) is 5.92 Å². The number of rotatable bonds is 7. The molecule has 4 nitrogen and oxygen atoms in total. The highest BCUT2D eigenvalue weighted by Gasteiger charge is 2.09. The summed E-state index contributed by atoms with van der Waals surface area (Å²) in [6.07, 6.45) is 3.89. The van der Waals surface area contributed by atoms with Crippen LogP contribution in [0, 0.1) is 5.92 Å². The second-order valence-corrected chi connectivity index (χ2v) is 5.90. The molecule has 1 heterocycles. The summed E-state index contributed by atoms with van der Waals surface area (Å²) in [5, 5.41) is 12.7. The third kappa shape index (κ3) is 4.41. The number of imidazole rings is 1. The maximum atomic E-state index is 9.21. The zero-order valence-electron chi connectivity index (χ0n) is 13.1. The molecule has 0 aliphatic carbocycles. The van der Waals surface area contributed by atoms with Gasteiger partial charge in [0.1, 0.15) is 5.82 Å². The van der Waals surface area contributed by atoms with Crippen LogP contribution in [0.2, 0.25) is 0 Å². The molecule has 0 saturated heterocycles. The fraction of sp³-hybridized carbons (Fsp3) is 0.471. The molecule has 0 spiro atoms. The van der Waals surface area contributed by atoms with Crippen molar-refractivity contribution in [2.24, 2.45) is 5.92 Å². The summed E-state index contributed by atoms with van der Waals surface area (Å²) >= 11 is 0. The third-order valence-corrected chi connectivity index (χ3v) is 3.56. The Balaban J connectivity index is 1.97. The van der Waals surface area contributed by atoms with E-state index in [-0.39, 0.29) is 12.6 Å². The fourth-order valence-electron chi connectivity index (χ4n) is 2.39. The molecule has 2 aromatic rings. The molecule has 0 aliphatic heterocycles. The summed E-state index contributed by atoms with van der Waals surface area (Å²) in [5.74, 6) is 1.67. The summed E-state index contributed by atoms with van der Waals surface area (Å²) < 4.78 is 2.20. The highest BCUT2D eigenvalue weighted by molar-refractivity contribution is 5.25. The molecule has 21 heavy (non-hydrogen) atoms. The molecule has 0 aliphatic rings. The molecule has 114 valence electrons. The van der Waals surface area contributed by atoms with Gasteiger partial charge >= 0.3 is 0 Å². The predicted octanol–water partition coefficient (Wildman–Crippen LogP) is 2.88. The molecule has 0 fully saturated rings. The molecule has 1 unspecified atom stereocenters. The Morgan fingerprint density at radius 3 is 2.81 bits per heavy atom. The van der Waals surface area contributed by atoms with Gasteiger partial charge in [-0.3, -0.25) is 0 Å². The van der Waals surface area contributed by atoms with Crippen LogP contribution in [-0.2, 0) is 19.7 Å². The summed E-state index contributed by atoms with van der Waals surface area (Å²) in [6, 6.07) is 8.26. The van der Waals surface area contributed by atoms with Crippen LogP contribution in [0.5, 0.6) is 0 Å². The molecule has 0 radical (unpaired) electrons. The van der Waals surface area contributed by atoms with E-state index in [1.54, 1.807) is 0 Å². The van der Waals surface area contributed by atoms with Gasteiger partial charge in [-0.25, -0.2) is 4.98 Å². The molecule has 1 aromatic heterocycles. The Bertz CT molecular complexity index is 563. The van der Waals surface area contributed by atoms with Gasteiger partial charge in [-0.15, -0.1) is 0 Å². The molecule has 0 saturated carbocycles. The Kier molecular flexibility index (Phi) is 5.53. The lowest BCUT2D eigenvalue weighted by Crippen LogP contribution is -2.21. The number of nitrogens with one attached hydrogen (secondary N) is 1. The maximum Gasteiger partial charge on any atom is 0.122 e. The smallest absolute Gasteiger partial charge is 0.122 e. The van der Waals surface area contributed by atoms with Crippen molar-refractivity contribution >= 4 is 0 Å². The van der Waals surface area contributed by atoms with Crippen molar-refractivity contribution in [3.05, 3.63) is 53.6 Å². The summed E-state index contributed by atoms with van der Waals surface area (Å²) in [5.41, 5.74) is 2.13. The number of hydrogen-bond donors (Lipinski definition) is 2. The van der Waals surface area contributed by atoms with E-state index in [4.69, 9.17) is 0 Å². The van der Waals surface area contributed by atoms with Gasteiger partial charge in [-0.1, -0.05) is 38.1 Å². The molecule has 2 rings (SSSR count). The first-order valence-electron chi connectivity index (χ1n) is 7.53. The summed E-state index contributed by atoms with van der Waals surface area (Å²) in [7, 11) is 0. The zero-order chi connectivity index (χ0) is 15.2. The lowest BCUT2D eigenvalue weighted by Gasteiger charge is -2.16. The fourth-order valence-corrected chi connectivity index (χ4v) is 2.39. The van der Waals surface area contributed by atoms with Crippen molar-refractivity contribution < 1.29 is 5.11 Å². The Hall–Kier alpha value is -1.65. The normalized spacial score (nSPS) is 12.8. The molecule has 0 bridgehead atoms. The number of aliphatic hydroxyl groups excluding tert-OH is 1. The largest absolute Gasteiger partial charge is 0.392 e. The van der Waals surface area contributed by atoms with Crippen molar-refractivity contribution in [3.8, 4) is 0 Å². The van der Waals surface area contributed by atoms with E-state index in [9.17, 15) is 5.11 Å². The van der Waals surface area contributed by atoms with Crippen LogP contribution < -0.4 is 5.32 Å². The second-order valence-electron chi connectivity index (χ2n) is 5.90. The summed E-state index contributed by atoms with van der Waals surface area (Å²) in [4.78, 5) is 4.43. The van der Waals surface area contributed by atoms with Gasteiger partial charge in [0.25, 0.3) is 0 Å². The zero-order valence-corrected chi connectivity index (χ0v) is 13.1. The van der Waals surface area contributed by atoms with Crippen LogP contribution in [0.1, 0.15) is 43.8 Å². The molecule has 1 atom stereocenters. The average Bonchev–Trinajstić information content (AvgIpc) is 2.91. The Morgan fingerprint density at radius 1 is 1.29 bits per heavy atom. The first-order valence-corrected chi connectivity index (χ1v) is 7.53. The molecular weight excluding hydrogens is 262 g/mol. The van der Waals surface area contributed by atoms with Crippen molar-refractivity contribution in [2.45, 2.75) is 46.5 Å². The number of aliphatic hydroxyl groups is 1. The second kappa shape index (κ2) is 7.38. The van der Waals surface area contributed by atoms with Crippen LogP contribution >= 0.6 is 0 Å². The van der Waals surface area contributed by atoms with Gasteiger partial charge in [0.15, 0.2) is 0 Å². The van der Waals surface area contributed by atoms with Crippen LogP contribution in [-0.4, -0.2) is 14.7 Å². The van der Waals surface area contributed by atoms with Crippen LogP contribution in [0.15, 0.2) is 36.7 Å². The topological polar surface area (TPSA) is 50.1 Å². The van der Waals surface area contributed by atoms with Gasteiger partial charge < -0.3 is 15.0 Å². The van der Waals surface area contributed by atoms with E-state index < -0.39 is 0 Å². The number of benzene rings is 1. The van der Waals surface area contributed by atoms with Crippen molar-refractivity contribution in [1.29, 1.82) is 0 Å². The van der Waals surface area contributed by atoms with E-state index in [1.807, 2.05) is 30.6 Å². The lowest BCUT2D eigenvalue weighted by atomic mass is 10.1. The Morgan fingerprint density at radius 2 is 2.10 bits per heavy atom. The van der Waals surface area contributed by atoms with Gasteiger partial charge in [-0.05, 0) is 24.0 Å². The standard InChI is InChI=1S/C17H25N3O/c1-13(2)11-20-8-7-18-17(20)10-19-14(3)16-6-4-5-15(9-16)12-21/h4-9,13-14,19,21H,10-12H2,1-3H3. The van der Waals surface area contributed by atoms with E-state index in [2.05, 4.69) is 41.7 Å². The van der Waals surface area contributed by atoms with Crippen molar-refractivity contribution in [1.82, 2.24) is 14.9 Å². The summed E-state index contributed by atoms with van der Waals surface area (Å²) in [6.45, 7) is 8.36. The molecule has 1 aromatic carbocycles. The first kappa shape index (κ1) is 15.7. The van der Waals surface area contributed by atoms with Crippen LogP contribution in [0.25, 0.3) is 0 Å². The molecule has 0 amide bonds. The van der Waals surface area contributed by atoms with Gasteiger partial charge in [-0.2, -0.15) is 0 Å². The minimum absolute atomic E-state index is 0.0827. The Labute approximate surface area is 126 Å². The van der Waals surface area contributed by atoms with E-state index >= 15 is 0 Å². The number of hydrogen-bond acceptors (Lipinski definition) is 3. The van der Waals surface area contributed by atoms with Gasteiger partial charge in [0, 0.05) is 25.0 Å². The number of nitrogens with zero attached hydrogens (tertiary/aromatic N) is 2. The number of aromatic nitrogens is 2. The average molecular weight is 287 g/mol. The van der Waals surface area contributed by atoms with Gasteiger partial charge in [0.05, 0.1) is 13.2 Å². The third-order valence-electron chi connectivity index (χ3n) is 3.56. The van der Waals surface area contributed by atoms with Crippen LogP contribution in [0.3, 0.4) is 0 Å². The van der Waals surface area contributed by atoms with E-state index in [0.717, 1.165) is 24.5 Å². The first-order chi connectivity index (χ1) is 10.1. The van der Waals surface area contributed by atoms with E-state index in [1.165, 1.54) is 5.56 Å². The lowest BCUT2D eigenvalue weighted by molar-refractivity contribution is 0.281. The minimum Gasteiger partial charge on any atom is -0.392 e. The molecular formula is C17H25N3O. The van der Waals surface area contributed by atoms with Crippen LogP contribution in [0.4, 0.5) is 0 Å². The predicted molar refractivity (Wildman–Crippen MR) is 84.7 cm³/mol. The highest BCUT2D eigenvalue weighted by atomic mass is 16.3. The quantitative estimate of drug-likeness (QED) is 0.823. The maximum absolute atomic E-state index is 9.21. The van der Waals surface area contributed by atoms with Gasteiger partial charge in [0.2, 0.25) is 0 Å². The van der Waals surface area contributed by atoms with Crippen molar-refractivity contribution in [3.63, 3.8) is 0 Å². The minimum atomic E-state index is 0.0827. The monoisotopic (exact) mass is 287 g/mol. The molecule has 2 N–H and O–H groups in total. The highest BCUT2D eigenvalue weighted by Crippen LogP contribution is 2.15. The molecule has 4 heteroatoms. The SMILES string of the molecule is CC(C)Cn1ccnc1CNC(C)c1cccc(CO)c1.